The van der Waals surface area contributed by atoms with Crippen LogP contribution in [0.5, 0.6) is 0 Å². The number of fused-ring (bicyclic) bond motifs is 1. The van der Waals surface area contributed by atoms with Crippen molar-refractivity contribution in [2.75, 3.05) is 19.6 Å². The van der Waals surface area contributed by atoms with Crippen LogP contribution in [0.3, 0.4) is 0 Å². The molecule has 1 aromatic heterocycles. The van der Waals surface area contributed by atoms with Crippen LogP contribution < -0.4 is 10.7 Å². The first-order chi connectivity index (χ1) is 16.4. The number of benzene rings is 2. The summed E-state index contributed by atoms with van der Waals surface area (Å²) in [4.78, 5) is 41.9. The minimum Gasteiger partial charge on any atom is -0.464 e. The Bertz CT molecular complexity index is 1180. The Morgan fingerprint density at radius 1 is 1.00 bits per heavy atom. The van der Waals surface area contributed by atoms with Crippen molar-refractivity contribution in [3.63, 3.8) is 0 Å². The van der Waals surface area contributed by atoms with Crippen molar-refractivity contribution >= 4 is 22.9 Å². The van der Waals surface area contributed by atoms with Gasteiger partial charge in [-0.05, 0) is 43.2 Å². The highest BCUT2D eigenvalue weighted by molar-refractivity contribution is 5.84. The lowest BCUT2D eigenvalue weighted by Crippen LogP contribution is -2.47. The summed E-state index contributed by atoms with van der Waals surface area (Å²) in [5, 5.41) is 3.17. The lowest BCUT2D eigenvalue weighted by molar-refractivity contribution is -0.133. The molecule has 0 aliphatic carbocycles. The van der Waals surface area contributed by atoms with E-state index in [1.165, 1.54) is 28.2 Å². The molecule has 34 heavy (non-hydrogen) atoms. The number of rotatable bonds is 10. The molecule has 0 unspecified atom stereocenters. The van der Waals surface area contributed by atoms with Gasteiger partial charge in [0, 0.05) is 19.6 Å². The number of halogens is 1. The van der Waals surface area contributed by atoms with Gasteiger partial charge in [-0.25, -0.2) is 9.18 Å². The standard InChI is InChI=1S/C26H30FN3O4/c1-3-5-14-29(26(33)28-4-2)17-24(31)30(15-19-10-12-21(27)13-11-19)16-20-18-34-23-9-7-6-8-22(23)25(20)32/h6-13,18H,3-5,14-17H2,1-2H3,(H,28,33). The van der Waals surface area contributed by atoms with E-state index in [4.69, 9.17) is 4.42 Å². The smallest absolute Gasteiger partial charge is 0.317 e. The SMILES string of the molecule is CCCCN(CC(=O)N(Cc1ccc(F)cc1)Cc1coc2ccccc2c1=O)C(=O)NCC. The number of para-hydroxylation sites is 1. The Balaban J connectivity index is 1.88. The highest BCUT2D eigenvalue weighted by atomic mass is 19.1. The summed E-state index contributed by atoms with van der Waals surface area (Å²) in [5.74, 6) is -0.696. The van der Waals surface area contributed by atoms with E-state index in [9.17, 15) is 18.8 Å². The summed E-state index contributed by atoms with van der Waals surface area (Å²) in [6.07, 6.45) is 3.01. The molecule has 1 heterocycles. The fourth-order valence-corrected chi connectivity index (χ4v) is 3.60. The predicted octanol–water partition coefficient (Wildman–Crippen LogP) is 4.29. The van der Waals surface area contributed by atoms with Gasteiger partial charge in [0.1, 0.15) is 17.9 Å². The van der Waals surface area contributed by atoms with Crippen molar-refractivity contribution in [1.29, 1.82) is 0 Å². The zero-order chi connectivity index (χ0) is 24.5. The predicted molar refractivity (Wildman–Crippen MR) is 129 cm³/mol. The first kappa shape index (κ1) is 25.0. The number of hydrogen-bond donors (Lipinski definition) is 1. The van der Waals surface area contributed by atoms with Gasteiger partial charge in [-0.1, -0.05) is 37.6 Å². The van der Waals surface area contributed by atoms with Crippen LogP contribution in [-0.4, -0.2) is 41.4 Å². The molecule has 180 valence electrons. The van der Waals surface area contributed by atoms with Crippen LogP contribution in [0, 0.1) is 5.82 Å². The molecule has 7 nitrogen and oxygen atoms in total. The van der Waals surface area contributed by atoms with Gasteiger partial charge in [0.05, 0.1) is 23.8 Å². The Morgan fingerprint density at radius 3 is 2.44 bits per heavy atom. The minimum atomic E-state index is -0.376. The monoisotopic (exact) mass is 467 g/mol. The van der Waals surface area contributed by atoms with Gasteiger partial charge in [0.2, 0.25) is 5.91 Å². The Hall–Kier alpha value is -3.68. The van der Waals surface area contributed by atoms with Crippen LogP contribution in [-0.2, 0) is 17.9 Å². The normalized spacial score (nSPS) is 10.8. The molecule has 2 aromatic carbocycles. The molecule has 0 aliphatic heterocycles. The van der Waals surface area contributed by atoms with E-state index in [0.717, 1.165) is 12.8 Å². The zero-order valence-electron chi connectivity index (χ0n) is 19.6. The second kappa shape index (κ2) is 12.0. The molecule has 0 bridgehead atoms. The quantitative estimate of drug-likeness (QED) is 0.482. The molecule has 3 rings (SSSR count). The molecule has 0 spiro atoms. The summed E-state index contributed by atoms with van der Waals surface area (Å²) in [6.45, 7) is 4.74. The average molecular weight is 468 g/mol. The third-order valence-corrected chi connectivity index (χ3v) is 5.48. The van der Waals surface area contributed by atoms with Crippen LogP contribution in [0.1, 0.15) is 37.8 Å². The number of nitrogens with one attached hydrogen (secondary N) is 1. The van der Waals surface area contributed by atoms with Crippen LogP contribution >= 0.6 is 0 Å². The second-order valence-corrected chi connectivity index (χ2v) is 8.07. The molecule has 0 atom stereocenters. The molecule has 0 fully saturated rings. The van der Waals surface area contributed by atoms with Gasteiger partial charge >= 0.3 is 6.03 Å². The van der Waals surface area contributed by atoms with Gasteiger partial charge in [0.25, 0.3) is 0 Å². The van der Waals surface area contributed by atoms with E-state index < -0.39 is 0 Å². The largest absolute Gasteiger partial charge is 0.464 e. The van der Waals surface area contributed by atoms with Crippen LogP contribution in [0.25, 0.3) is 11.0 Å². The number of carbonyl (C=O) groups is 2. The van der Waals surface area contributed by atoms with Crippen LogP contribution in [0.15, 0.2) is 64.0 Å². The summed E-state index contributed by atoms with van der Waals surface area (Å²) >= 11 is 0. The summed E-state index contributed by atoms with van der Waals surface area (Å²) in [7, 11) is 0. The number of nitrogens with zero attached hydrogens (tertiary/aromatic N) is 2. The van der Waals surface area contributed by atoms with Gasteiger partial charge in [-0.2, -0.15) is 0 Å². The molecule has 0 saturated carbocycles. The zero-order valence-corrected chi connectivity index (χ0v) is 19.6. The summed E-state index contributed by atoms with van der Waals surface area (Å²) in [6, 6.07) is 12.4. The fourth-order valence-electron chi connectivity index (χ4n) is 3.60. The van der Waals surface area contributed by atoms with E-state index in [0.29, 0.717) is 35.2 Å². The lowest BCUT2D eigenvalue weighted by Gasteiger charge is -2.28. The van der Waals surface area contributed by atoms with Crippen molar-refractivity contribution in [2.45, 2.75) is 39.8 Å². The maximum absolute atomic E-state index is 13.4. The molecule has 0 saturated heterocycles. The maximum Gasteiger partial charge on any atom is 0.317 e. The number of urea groups is 1. The van der Waals surface area contributed by atoms with Crippen molar-refractivity contribution in [2.24, 2.45) is 0 Å². The van der Waals surface area contributed by atoms with Gasteiger partial charge in [-0.15, -0.1) is 0 Å². The van der Waals surface area contributed by atoms with Crippen molar-refractivity contribution in [1.82, 2.24) is 15.1 Å². The Kier molecular flexibility index (Phi) is 8.79. The molecular weight excluding hydrogens is 437 g/mol. The molecule has 3 aromatic rings. The fraction of sp³-hybridized carbons (Fsp3) is 0.346. The van der Waals surface area contributed by atoms with Crippen molar-refractivity contribution in [3.8, 4) is 0 Å². The summed E-state index contributed by atoms with van der Waals surface area (Å²) in [5.41, 5.74) is 1.28. The van der Waals surface area contributed by atoms with E-state index in [1.807, 2.05) is 13.8 Å². The molecule has 1 N–H and O–H groups in total. The van der Waals surface area contributed by atoms with Gasteiger partial charge in [0.15, 0.2) is 5.43 Å². The third-order valence-electron chi connectivity index (χ3n) is 5.48. The summed E-state index contributed by atoms with van der Waals surface area (Å²) < 4.78 is 19.0. The minimum absolute atomic E-state index is 0.000389. The molecule has 0 radical (unpaired) electrons. The first-order valence-corrected chi connectivity index (χ1v) is 11.5. The topological polar surface area (TPSA) is 82.9 Å². The van der Waals surface area contributed by atoms with E-state index in [-0.39, 0.29) is 42.8 Å². The Labute approximate surface area is 198 Å². The molecule has 3 amide bonds. The number of hydrogen-bond acceptors (Lipinski definition) is 4. The van der Waals surface area contributed by atoms with Crippen molar-refractivity contribution < 1.29 is 18.4 Å². The second-order valence-electron chi connectivity index (χ2n) is 8.07. The van der Waals surface area contributed by atoms with Gasteiger partial charge < -0.3 is 19.5 Å². The molecule has 0 aliphatic rings. The van der Waals surface area contributed by atoms with Crippen molar-refractivity contribution in [3.05, 3.63) is 82.0 Å². The average Bonchev–Trinajstić information content (AvgIpc) is 2.84. The number of unbranched alkanes of at least 4 members (excludes halogenated alkanes) is 1. The highest BCUT2D eigenvalue weighted by Crippen LogP contribution is 2.15. The Morgan fingerprint density at radius 2 is 1.74 bits per heavy atom. The first-order valence-electron chi connectivity index (χ1n) is 11.5. The van der Waals surface area contributed by atoms with E-state index in [1.54, 1.807) is 36.4 Å². The van der Waals surface area contributed by atoms with E-state index >= 15 is 0 Å². The lowest BCUT2D eigenvalue weighted by atomic mass is 10.1. The highest BCUT2D eigenvalue weighted by Gasteiger charge is 2.22. The maximum atomic E-state index is 13.4. The van der Waals surface area contributed by atoms with E-state index in [2.05, 4.69) is 5.32 Å². The number of carbonyl (C=O) groups excluding carboxylic acids is 2. The number of amides is 3. The third kappa shape index (κ3) is 6.43. The molecular formula is C26H30FN3O4. The van der Waals surface area contributed by atoms with Crippen LogP contribution in [0.2, 0.25) is 0 Å². The molecule has 8 heteroatoms. The van der Waals surface area contributed by atoms with Gasteiger partial charge in [-0.3, -0.25) is 9.59 Å². The van der Waals surface area contributed by atoms with Crippen LogP contribution in [0.4, 0.5) is 9.18 Å².